The SMILES string of the molecule is Cc1ccc(S(=O)(=O)N(C#Cc2cccc(C(F)(F)F)c2)C2C=CCC2)cc1. The fraction of sp³-hybridized carbons (Fsp3) is 0.238. The molecule has 146 valence electrons. The van der Waals surface area contributed by atoms with Gasteiger partial charge in [-0.15, -0.1) is 0 Å². The van der Waals surface area contributed by atoms with Crippen LogP contribution in [0.4, 0.5) is 13.2 Å². The standard InChI is InChI=1S/C21H18F3NO2S/c1-16-9-11-20(12-10-16)28(26,27)25(19-7-2-3-8-19)14-13-17-5-4-6-18(15-17)21(22,23)24/h2,4-7,9-12,15,19H,3,8H2,1H3. The minimum Gasteiger partial charge on any atom is -0.217 e. The van der Waals surface area contributed by atoms with E-state index < -0.39 is 27.8 Å². The molecular weight excluding hydrogens is 387 g/mol. The molecule has 0 N–H and O–H groups in total. The molecule has 1 unspecified atom stereocenters. The van der Waals surface area contributed by atoms with Gasteiger partial charge in [0, 0.05) is 11.6 Å². The van der Waals surface area contributed by atoms with E-state index in [4.69, 9.17) is 0 Å². The normalized spacial score (nSPS) is 16.5. The van der Waals surface area contributed by atoms with Gasteiger partial charge in [-0.05, 0) is 56.0 Å². The quantitative estimate of drug-likeness (QED) is 0.421. The van der Waals surface area contributed by atoms with Crippen LogP contribution in [0.1, 0.15) is 29.5 Å². The molecule has 2 aromatic rings. The topological polar surface area (TPSA) is 37.4 Å². The number of sulfonamides is 1. The van der Waals surface area contributed by atoms with Gasteiger partial charge in [-0.1, -0.05) is 35.9 Å². The lowest BCUT2D eigenvalue weighted by atomic mass is 10.1. The summed E-state index contributed by atoms with van der Waals surface area (Å²) in [4.78, 5) is 0.0942. The van der Waals surface area contributed by atoms with Gasteiger partial charge < -0.3 is 0 Å². The maximum atomic E-state index is 13.1. The molecule has 0 aromatic heterocycles. The van der Waals surface area contributed by atoms with E-state index in [-0.39, 0.29) is 10.5 Å². The summed E-state index contributed by atoms with van der Waals surface area (Å²) in [6, 6.07) is 13.0. The molecular formula is C21H18F3NO2S. The molecule has 0 fully saturated rings. The Hall–Kier alpha value is -2.72. The van der Waals surface area contributed by atoms with Crippen LogP contribution < -0.4 is 0 Å². The Labute approximate surface area is 162 Å². The van der Waals surface area contributed by atoms with E-state index in [1.54, 1.807) is 18.2 Å². The molecule has 0 saturated heterocycles. The summed E-state index contributed by atoms with van der Waals surface area (Å²) >= 11 is 0. The maximum absolute atomic E-state index is 13.1. The summed E-state index contributed by atoms with van der Waals surface area (Å²) in [6.07, 6.45) is 0.429. The molecule has 3 rings (SSSR count). The number of allylic oxidation sites excluding steroid dienone is 1. The van der Waals surface area contributed by atoms with E-state index in [1.807, 2.05) is 13.0 Å². The van der Waals surface area contributed by atoms with Crippen molar-refractivity contribution in [2.24, 2.45) is 0 Å². The Morgan fingerprint density at radius 3 is 2.43 bits per heavy atom. The molecule has 0 amide bonds. The highest BCUT2D eigenvalue weighted by molar-refractivity contribution is 7.89. The first kappa shape index (κ1) is 20.0. The maximum Gasteiger partial charge on any atom is 0.416 e. The average molecular weight is 405 g/mol. The van der Waals surface area contributed by atoms with Crippen LogP contribution in [0, 0.1) is 18.9 Å². The number of aryl methyl sites for hydroxylation is 1. The average Bonchev–Trinajstić information content (AvgIpc) is 3.16. The summed E-state index contributed by atoms with van der Waals surface area (Å²) in [5.41, 5.74) is 0.190. The van der Waals surface area contributed by atoms with E-state index in [2.05, 4.69) is 12.0 Å². The number of alkyl halides is 3. The van der Waals surface area contributed by atoms with Gasteiger partial charge in [-0.3, -0.25) is 0 Å². The van der Waals surface area contributed by atoms with E-state index in [9.17, 15) is 21.6 Å². The Balaban J connectivity index is 2.00. The third-order valence-electron chi connectivity index (χ3n) is 4.37. The second kappa shape index (κ2) is 7.72. The van der Waals surface area contributed by atoms with E-state index in [1.165, 1.54) is 24.3 Å². The molecule has 0 bridgehead atoms. The number of hydrogen-bond acceptors (Lipinski definition) is 2. The highest BCUT2D eigenvalue weighted by Crippen LogP contribution is 2.29. The molecule has 28 heavy (non-hydrogen) atoms. The first-order valence-corrected chi connectivity index (χ1v) is 10.1. The number of rotatable bonds is 3. The van der Waals surface area contributed by atoms with Crippen LogP contribution in [0.2, 0.25) is 0 Å². The Bertz CT molecular complexity index is 1050. The lowest BCUT2D eigenvalue weighted by molar-refractivity contribution is -0.137. The van der Waals surface area contributed by atoms with Crippen LogP contribution in [0.3, 0.4) is 0 Å². The van der Waals surface area contributed by atoms with Crippen LogP contribution in [-0.4, -0.2) is 18.8 Å². The second-order valence-corrected chi connectivity index (χ2v) is 8.32. The minimum absolute atomic E-state index is 0.0942. The molecule has 1 aliphatic carbocycles. The Morgan fingerprint density at radius 1 is 1.11 bits per heavy atom. The molecule has 1 aliphatic rings. The van der Waals surface area contributed by atoms with Gasteiger partial charge in [-0.2, -0.15) is 13.2 Å². The fourth-order valence-electron chi connectivity index (χ4n) is 2.85. The van der Waals surface area contributed by atoms with Crippen LogP contribution in [0.15, 0.2) is 65.6 Å². The number of hydrogen-bond donors (Lipinski definition) is 0. The molecule has 3 nitrogen and oxygen atoms in total. The molecule has 0 spiro atoms. The summed E-state index contributed by atoms with van der Waals surface area (Å²) in [6.45, 7) is 1.85. The number of benzene rings is 2. The van der Waals surface area contributed by atoms with Gasteiger partial charge in [-0.25, -0.2) is 12.7 Å². The fourth-order valence-corrected chi connectivity index (χ4v) is 4.26. The molecule has 1 atom stereocenters. The van der Waals surface area contributed by atoms with Crippen molar-refractivity contribution < 1.29 is 21.6 Å². The third-order valence-corrected chi connectivity index (χ3v) is 6.11. The molecule has 7 heteroatoms. The van der Waals surface area contributed by atoms with Crippen LogP contribution in [0.25, 0.3) is 0 Å². The van der Waals surface area contributed by atoms with Crippen LogP contribution >= 0.6 is 0 Å². The minimum atomic E-state index is -4.49. The van der Waals surface area contributed by atoms with Crippen molar-refractivity contribution in [1.29, 1.82) is 0 Å². The van der Waals surface area contributed by atoms with Gasteiger partial charge in [0.05, 0.1) is 16.5 Å². The molecule has 0 radical (unpaired) electrons. The van der Waals surface area contributed by atoms with Crippen molar-refractivity contribution in [1.82, 2.24) is 4.31 Å². The third kappa shape index (κ3) is 4.39. The van der Waals surface area contributed by atoms with Crippen molar-refractivity contribution in [3.63, 3.8) is 0 Å². The summed E-state index contributed by atoms with van der Waals surface area (Å²) in [7, 11) is -3.92. The van der Waals surface area contributed by atoms with Crippen LogP contribution in [-0.2, 0) is 16.2 Å². The molecule has 0 aliphatic heterocycles. The predicted octanol–water partition coefficient (Wildman–Crippen LogP) is 4.73. The first-order valence-electron chi connectivity index (χ1n) is 8.64. The zero-order valence-corrected chi connectivity index (χ0v) is 15.9. The van der Waals surface area contributed by atoms with Crippen molar-refractivity contribution >= 4 is 10.0 Å². The number of nitrogens with zero attached hydrogens (tertiary/aromatic N) is 1. The van der Waals surface area contributed by atoms with E-state index in [0.29, 0.717) is 6.42 Å². The van der Waals surface area contributed by atoms with Gasteiger partial charge >= 0.3 is 6.18 Å². The van der Waals surface area contributed by atoms with Gasteiger partial charge in [0.15, 0.2) is 0 Å². The van der Waals surface area contributed by atoms with Crippen molar-refractivity contribution in [2.75, 3.05) is 0 Å². The largest absolute Gasteiger partial charge is 0.416 e. The van der Waals surface area contributed by atoms with Gasteiger partial charge in [0.25, 0.3) is 10.0 Å². The molecule has 0 heterocycles. The van der Waals surface area contributed by atoms with Crippen molar-refractivity contribution in [2.45, 2.75) is 36.9 Å². The van der Waals surface area contributed by atoms with Crippen molar-refractivity contribution in [3.05, 3.63) is 77.4 Å². The zero-order chi connectivity index (χ0) is 20.4. The van der Waals surface area contributed by atoms with Crippen molar-refractivity contribution in [3.8, 4) is 12.0 Å². The Morgan fingerprint density at radius 2 is 1.82 bits per heavy atom. The first-order chi connectivity index (χ1) is 13.2. The second-order valence-electron chi connectivity index (χ2n) is 6.50. The monoisotopic (exact) mass is 405 g/mol. The highest BCUT2D eigenvalue weighted by atomic mass is 32.2. The van der Waals surface area contributed by atoms with E-state index in [0.717, 1.165) is 28.4 Å². The van der Waals surface area contributed by atoms with Gasteiger partial charge in [0.2, 0.25) is 0 Å². The lowest BCUT2D eigenvalue weighted by Gasteiger charge is -2.23. The van der Waals surface area contributed by atoms with Gasteiger partial charge in [0.1, 0.15) is 0 Å². The molecule has 0 saturated carbocycles. The summed E-state index contributed by atoms with van der Waals surface area (Å²) < 4.78 is 65.9. The van der Waals surface area contributed by atoms with Crippen LogP contribution in [0.5, 0.6) is 0 Å². The highest BCUT2D eigenvalue weighted by Gasteiger charge is 2.31. The van der Waals surface area contributed by atoms with E-state index >= 15 is 0 Å². The molecule has 2 aromatic carbocycles. The zero-order valence-electron chi connectivity index (χ0n) is 15.1. The lowest BCUT2D eigenvalue weighted by Crippen LogP contribution is -2.34. The smallest absolute Gasteiger partial charge is 0.217 e. The predicted molar refractivity (Wildman–Crippen MR) is 101 cm³/mol. The number of halogens is 3. The Kier molecular flexibility index (Phi) is 5.52. The summed E-state index contributed by atoms with van der Waals surface area (Å²) in [5, 5.41) is 0. The summed E-state index contributed by atoms with van der Waals surface area (Å²) in [5.74, 6) is 2.58.